The number of likely N-dealkylation sites (tertiary alicyclic amines) is 1. The highest BCUT2D eigenvalue weighted by atomic mass is 16.2. The maximum absolute atomic E-state index is 11.9. The summed E-state index contributed by atoms with van der Waals surface area (Å²) in [5, 5.41) is 0. The smallest absolute Gasteiger partial charge is 0.222 e. The van der Waals surface area contributed by atoms with Crippen molar-refractivity contribution in [3.05, 3.63) is 0 Å². The Morgan fingerprint density at radius 3 is 2.44 bits per heavy atom. The fourth-order valence-electron chi connectivity index (χ4n) is 2.01. The van der Waals surface area contributed by atoms with E-state index in [1.807, 2.05) is 4.90 Å². The van der Waals surface area contributed by atoms with Crippen LogP contribution >= 0.6 is 0 Å². The maximum Gasteiger partial charge on any atom is 0.222 e. The molecular weight excluding hydrogens is 200 g/mol. The molecular formula is C13H26N2O. The van der Waals surface area contributed by atoms with Crippen molar-refractivity contribution in [1.82, 2.24) is 4.90 Å². The van der Waals surface area contributed by atoms with Gasteiger partial charge in [0.25, 0.3) is 0 Å². The van der Waals surface area contributed by atoms with E-state index in [2.05, 4.69) is 20.8 Å². The summed E-state index contributed by atoms with van der Waals surface area (Å²) < 4.78 is 0. The quantitative estimate of drug-likeness (QED) is 0.797. The topological polar surface area (TPSA) is 46.3 Å². The normalized spacial score (nSPS) is 21.9. The summed E-state index contributed by atoms with van der Waals surface area (Å²) in [5.74, 6) is 0.779. The van der Waals surface area contributed by atoms with E-state index in [-0.39, 0.29) is 0 Å². The first-order chi connectivity index (χ1) is 7.44. The van der Waals surface area contributed by atoms with Crippen LogP contribution in [0.15, 0.2) is 0 Å². The lowest BCUT2D eigenvalue weighted by atomic mass is 9.82. The monoisotopic (exact) mass is 226 g/mol. The van der Waals surface area contributed by atoms with Crippen molar-refractivity contribution in [2.75, 3.05) is 19.6 Å². The summed E-state index contributed by atoms with van der Waals surface area (Å²) in [6, 6.07) is 0. The second-order valence-electron chi connectivity index (χ2n) is 5.92. The zero-order valence-electron chi connectivity index (χ0n) is 11.0. The van der Waals surface area contributed by atoms with E-state index >= 15 is 0 Å². The van der Waals surface area contributed by atoms with Crippen LogP contribution in [0.2, 0.25) is 0 Å². The van der Waals surface area contributed by atoms with Crippen molar-refractivity contribution in [1.29, 1.82) is 0 Å². The van der Waals surface area contributed by atoms with Gasteiger partial charge in [-0.15, -0.1) is 0 Å². The standard InChI is InChI=1S/C13H26N2O/c1-11(10-14)4-5-12(16)15-8-6-13(2,3)7-9-15/h11H,4-10,14H2,1-3H3. The highest BCUT2D eigenvalue weighted by molar-refractivity contribution is 5.76. The lowest BCUT2D eigenvalue weighted by molar-refractivity contribution is -0.133. The van der Waals surface area contributed by atoms with Gasteiger partial charge in [0.15, 0.2) is 0 Å². The Morgan fingerprint density at radius 2 is 1.94 bits per heavy atom. The lowest BCUT2D eigenvalue weighted by Gasteiger charge is -2.37. The summed E-state index contributed by atoms with van der Waals surface area (Å²) in [5.41, 5.74) is 5.97. The van der Waals surface area contributed by atoms with E-state index in [4.69, 9.17) is 5.73 Å². The molecule has 1 fully saturated rings. The van der Waals surface area contributed by atoms with Crippen LogP contribution in [0.3, 0.4) is 0 Å². The Bertz CT molecular complexity index is 228. The number of amides is 1. The molecule has 0 aromatic carbocycles. The minimum atomic E-state index is 0.316. The van der Waals surface area contributed by atoms with E-state index in [0.717, 1.165) is 32.4 Å². The van der Waals surface area contributed by atoms with E-state index in [1.165, 1.54) is 0 Å². The van der Waals surface area contributed by atoms with Crippen molar-refractivity contribution in [3.63, 3.8) is 0 Å². The highest BCUT2D eigenvalue weighted by Gasteiger charge is 2.27. The molecule has 3 heteroatoms. The van der Waals surface area contributed by atoms with Gasteiger partial charge in [0.05, 0.1) is 0 Å². The van der Waals surface area contributed by atoms with Gasteiger partial charge in [0.2, 0.25) is 5.91 Å². The Balaban J connectivity index is 2.28. The van der Waals surface area contributed by atoms with E-state index in [0.29, 0.717) is 30.2 Å². The summed E-state index contributed by atoms with van der Waals surface area (Å²) in [7, 11) is 0. The molecule has 1 rings (SSSR count). The number of piperidine rings is 1. The van der Waals surface area contributed by atoms with Gasteiger partial charge < -0.3 is 10.6 Å². The van der Waals surface area contributed by atoms with E-state index in [9.17, 15) is 4.79 Å². The zero-order chi connectivity index (χ0) is 12.2. The average molecular weight is 226 g/mol. The number of nitrogens with two attached hydrogens (primary N) is 1. The minimum Gasteiger partial charge on any atom is -0.343 e. The molecule has 1 amide bonds. The second kappa shape index (κ2) is 5.67. The van der Waals surface area contributed by atoms with Crippen LogP contribution in [0.25, 0.3) is 0 Å². The summed E-state index contributed by atoms with van der Waals surface area (Å²) >= 11 is 0. The second-order valence-corrected chi connectivity index (χ2v) is 5.92. The van der Waals surface area contributed by atoms with Crippen LogP contribution in [0.5, 0.6) is 0 Å². The molecule has 1 atom stereocenters. The lowest BCUT2D eigenvalue weighted by Crippen LogP contribution is -2.41. The van der Waals surface area contributed by atoms with Gasteiger partial charge in [0.1, 0.15) is 0 Å². The molecule has 16 heavy (non-hydrogen) atoms. The fraction of sp³-hybridized carbons (Fsp3) is 0.923. The molecule has 0 saturated carbocycles. The first kappa shape index (κ1) is 13.5. The van der Waals surface area contributed by atoms with E-state index in [1.54, 1.807) is 0 Å². The van der Waals surface area contributed by atoms with Crippen LogP contribution in [0, 0.1) is 11.3 Å². The highest BCUT2D eigenvalue weighted by Crippen LogP contribution is 2.29. The largest absolute Gasteiger partial charge is 0.343 e. The van der Waals surface area contributed by atoms with Gasteiger partial charge in [-0.3, -0.25) is 4.79 Å². The summed E-state index contributed by atoms with van der Waals surface area (Å²) in [4.78, 5) is 13.9. The molecule has 1 unspecified atom stereocenters. The Hall–Kier alpha value is -0.570. The van der Waals surface area contributed by atoms with Gasteiger partial charge in [-0.2, -0.15) is 0 Å². The molecule has 0 spiro atoms. The minimum absolute atomic E-state index is 0.316. The molecule has 1 aliphatic rings. The van der Waals surface area contributed by atoms with Crippen molar-refractivity contribution >= 4 is 5.91 Å². The zero-order valence-corrected chi connectivity index (χ0v) is 11.0. The van der Waals surface area contributed by atoms with Crippen LogP contribution in [-0.2, 0) is 4.79 Å². The molecule has 94 valence electrons. The molecule has 0 bridgehead atoms. The number of nitrogens with zero attached hydrogens (tertiary/aromatic N) is 1. The van der Waals surface area contributed by atoms with Crippen LogP contribution in [0.1, 0.15) is 46.5 Å². The van der Waals surface area contributed by atoms with Gasteiger partial charge in [0, 0.05) is 19.5 Å². The number of carbonyl (C=O) groups is 1. The predicted octanol–water partition coefficient (Wildman–Crippen LogP) is 2.01. The number of rotatable bonds is 4. The van der Waals surface area contributed by atoms with Crippen molar-refractivity contribution < 1.29 is 4.79 Å². The SMILES string of the molecule is CC(CN)CCC(=O)N1CCC(C)(C)CC1. The van der Waals surface area contributed by atoms with Crippen LogP contribution in [-0.4, -0.2) is 30.4 Å². The maximum atomic E-state index is 11.9. The first-order valence-electron chi connectivity index (χ1n) is 6.42. The molecule has 1 heterocycles. The van der Waals surface area contributed by atoms with Crippen molar-refractivity contribution in [2.24, 2.45) is 17.1 Å². The molecule has 0 aromatic heterocycles. The predicted molar refractivity (Wildman–Crippen MR) is 67.0 cm³/mol. The third kappa shape index (κ3) is 4.12. The van der Waals surface area contributed by atoms with Crippen LogP contribution in [0.4, 0.5) is 0 Å². The van der Waals surface area contributed by atoms with Crippen molar-refractivity contribution in [2.45, 2.75) is 46.5 Å². The van der Waals surface area contributed by atoms with Crippen molar-refractivity contribution in [3.8, 4) is 0 Å². The van der Waals surface area contributed by atoms with Gasteiger partial charge in [-0.05, 0) is 37.1 Å². The molecule has 1 saturated heterocycles. The molecule has 1 aliphatic heterocycles. The molecule has 0 aliphatic carbocycles. The number of hydrogen-bond donors (Lipinski definition) is 1. The molecule has 0 radical (unpaired) electrons. The van der Waals surface area contributed by atoms with E-state index < -0.39 is 0 Å². The summed E-state index contributed by atoms with van der Waals surface area (Å²) in [6.45, 7) is 9.22. The third-order valence-corrected chi connectivity index (χ3v) is 3.72. The van der Waals surface area contributed by atoms with Crippen LogP contribution < -0.4 is 5.73 Å². The Morgan fingerprint density at radius 1 is 1.38 bits per heavy atom. The first-order valence-corrected chi connectivity index (χ1v) is 6.42. The third-order valence-electron chi connectivity index (χ3n) is 3.72. The van der Waals surface area contributed by atoms with Gasteiger partial charge >= 0.3 is 0 Å². The molecule has 3 nitrogen and oxygen atoms in total. The number of carbonyl (C=O) groups excluding carboxylic acids is 1. The number of hydrogen-bond acceptors (Lipinski definition) is 2. The summed E-state index contributed by atoms with van der Waals surface area (Å²) in [6.07, 6.45) is 3.85. The van der Waals surface area contributed by atoms with Gasteiger partial charge in [-0.1, -0.05) is 20.8 Å². The average Bonchev–Trinajstić information content (AvgIpc) is 2.25. The molecule has 0 aromatic rings. The Labute approximate surface area is 99.4 Å². The molecule has 2 N–H and O–H groups in total. The Kier molecular flexibility index (Phi) is 4.78. The fourth-order valence-corrected chi connectivity index (χ4v) is 2.01. The van der Waals surface area contributed by atoms with Gasteiger partial charge in [-0.25, -0.2) is 0 Å².